The van der Waals surface area contributed by atoms with Gasteiger partial charge in [0.05, 0.1) is 18.9 Å². The van der Waals surface area contributed by atoms with E-state index >= 15 is 0 Å². The van der Waals surface area contributed by atoms with Crippen molar-refractivity contribution >= 4 is 5.97 Å². The van der Waals surface area contributed by atoms with Crippen LogP contribution in [0.15, 0.2) is 48.7 Å². The summed E-state index contributed by atoms with van der Waals surface area (Å²) in [7, 11) is 0. The van der Waals surface area contributed by atoms with E-state index in [1.165, 1.54) is 10.9 Å². The number of aliphatic hydroxyl groups is 2. The van der Waals surface area contributed by atoms with Gasteiger partial charge in [-0.15, -0.1) is 5.10 Å². The van der Waals surface area contributed by atoms with Gasteiger partial charge in [-0.05, 0) is 26.0 Å². The van der Waals surface area contributed by atoms with Crippen molar-refractivity contribution in [3.63, 3.8) is 0 Å². The Morgan fingerprint density at radius 3 is 2.49 bits per heavy atom. The highest BCUT2D eigenvalue weighted by Crippen LogP contribution is 2.40. The zero-order chi connectivity index (χ0) is 27.8. The number of carbonyl (C=O) groups is 1. The van der Waals surface area contributed by atoms with Crippen molar-refractivity contribution in [1.29, 1.82) is 0 Å². The number of rotatable bonds is 6. The first-order valence-corrected chi connectivity index (χ1v) is 12.2. The van der Waals surface area contributed by atoms with E-state index in [1.807, 2.05) is 6.07 Å². The summed E-state index contributed by atoms with van der Waals surface area (Å²) in [5.41, 5.74) is 0.581. The zero-order valence-corrected chi connectivity index (χ0v) is 20.9. The van der Waals surface area contributed by atoms with Crippen LogP contribution in [0, 0.1) is 17.5 Å². The summed E-state index contributed by atoms with van der Waals surface area (Å²) in [6, 6.07) is 9.44. The first-order chi connectivity index (χ1) is 18.6. The van der Waals surface area contributed by atoms with Crippen molar-refractivity contribution in [3.8, 4) is 11.3 Å². The minimum absolute atomic E-state index is 0.0220. The van der Waals surface area contributed by atoms with Gasteiger partial charge in [0.1, 0.15) is 36.2 Å². The molecule has 0 spiro atoms. The fraction of sp³-hybridized carbons (Fsp3) is 0.423. The molecule has 1 aromatic heterocycles. The number of aliphatic hydroxyl groups excluding tert-OH is 2. The topological polar surface area (TPSA) is 125 Å². The third-order valence-corrected chi connectivity index (χ3v) is 6.49. The molecular weight excluding hydrogens is 523 g/mol. The maximum absolute atomic E-state index is 13.8. The molecule has 2 aromatic carbocycles. The first-order valence-electron chi connectivity index (χ1n) is 12.2. The van der Waals surface area contributed by atoms with Crippen molar-refractivity contribution in [1.82, 2.24) is 15.0 Å². The lowest BCUT2D eigenvalue weighted by atomic mass is 9.89. The lowest BCUT2D eigenvalue weighted by Crippen LogP contribution is -2.63. The lowest BCUT2D eigenvalue weighted by Gasteiger charge is -2.48. The average Bonchev–Trinajstić information content (AvgIpc) is 3.40. The Bertz CT molecular complexity index is 1300. The zero-order valence-electron chi connectivity index (χ0n) is 20.9. The number of fused-ring (bicyclic) bond motifs is 1. The lowest BCUT2D eigenvalue weighted by molar-refractivity contribution is -0.323. The van der Waals surface area contributed by atoms with Crippen LogP contribution < -0.4 is 0 Å². The van der Waals surface area contributed by atoms with E-state index in [-0.39, 0.29) is 17.9 Å². The van der Waals surface area contributed by atoms with Crippen molar-refractivity contribution in [2.24, 2.45) is 0 Å². The van der Waals surface area contributed by atoms with E-state index in [0.29, 0.717) is 5.56 Å². The Balaban J connectivity index is 1.49. The number of aromatic nitrogens is 3. The molecule has 0 saturated carbocycles. The van der Waals surface area contributed by atoms with Crippen LogP contribution in [0.1, 0.15) is 31.7 Å². The summed E-state index contributed by atoms with van der Waals surface area (Å²) in [5.74, 6) is -5.43. The number of halogens is 3. The predicted octanol–water partition coefficient (Wildman–Crippen LogP) is 2.46. The molecule has 2 fully saturated rings. The third-order valence-electron chi connectivity index (χ3n) is 6.49. The molecule has 7 atom stereocenters. The normalized spacial score (nSPS) is 27.7. The molecule has 39 heavy (non-hydrogen) atoms. The number of benzene rings is 2. The van der Waals surface area contributed by atoms with Crippen LogP contribution in [0.25, 0.3) is 11.3 Å². The standard InChI is InChI=1S/C26H26F3N3O7/c1-12(2)37-25(35)22(34)24-21(33)20(23-18(38-24)11-36-26(39-23)13-6-4-3-5-7-13)32-10-17(30-31-32)14-8-15(27)19(29)16(28)9-14/h3-10,12,18,20-24,26,33-34H,11H2,1-2H3/t18?,20-,21?,22+,23+,24-,26?/m1/s1. The maximum atomic E-state index is 13.8. The second kappa shape index (κ2) is 11.0. The minimum Gasteiger partial charge on any atom is -0.461 e. The van der Waals surface area contributed by atoms with E-state index < -0.39 is 72.4 Å². The molecule has 3 unspecified atom stereocenters. The number of carbonyl (C=O) groups excluding carboxylic acids is 1. The first kappa shape index (κ1) is 27.2. The van der Waals surface area contributed by atoms with Crippen LogP contribution in [-0.4, -0.2) is 74.4 Å². The highest BCUT2D eigenvalue weighted by Gasteiger charge is 2.54. The van der Waals surface area contributed by atoms with Gasteiger partial charge in [-0.3, -0.25) is 0 Å². The van der Waals surface area contributed by atoms with Gasteiger partial charge >= 0.3 is 5.97 Å². The molecule has 0 radical (unpaired) electrons. The smallest absolute Gasteiger partial charge is 0.338 e. The molecule has 13 heteroatoms. The average molecular weight is 550 g/mol. The summed E-state index contributed by atoms with van der Waals surface area (Å²) in [6.45, 7) is 3.18. The van der Waals surface area contributed by atoms with Crippen LogP contribution in [0.5, 0.6) is 0 Å². The van der Waals surface area contributed by atoms with Gasteiger partial charge in [-0.25, -0.2) is 22.6 Å². The third kappa shape index (κ3) is 5.40. The molecule has 2 aliphatic heterocycles. The van der Waals surface area contributed by atoms with Gasteiger partial charge in [0.25, 0.3) is 0 Å². The molecule has 2 saturated heterocycles. The van der Waals surface area contributed by atoms with Crippen LogP contribution >= 0.6 is 0 Å². The van der Waals surface area contributed by atoms with Gasteiger partial charge in [0.15, 0.2) is 29.8 Å². The van der Waals surface area contributed by atoms with Crippen molar-refractivity contribution in [3.05, 3.63) is 71.7 Å². The van der Waals surface area contributed by atoms with Crippen LogP contribution in [-0.2, 0) is 23.7 Å². The fourth-order valence-corrected chi connectivity index (χ4v) is 4.68. The highest BCUT2D eigenvalue weighted by atomic mass is 19.2. The summed E-state index contributed by atoms with van der Waals surface area (Å²) in [6.07, 6.45) is -6.75. The van der Waals surface area contributed by atoms with E-state index in [9.17, 15) is 28.2 Å². The van der Waals surface area contributed by atoms with Gasteiger partial charge in [0, 0.05) is 11.1 Å². The molecule has 10 nitrogen and oxygen atoms in total. The number of nitrogens with zero attached hydrogens (tertiary/aromatic N) is 3. The maximum Gasteiger partial charge on any atom is 0.338 e. The largest absolute Gasteiger partial charge is 0.461 e. The number of esters is 1. The van der Waals surface area contributed by atoms with Crippen molar-refractivity contribution in [2.75, 3.05) is 6.61 Å². The fourth-order valence-electron chi connectivity index (χ4n) is 4.68. The molecule has 2 aliphatic rings. The molecule has 3 heterocycles. The van der Waals surface area contributed by atoms with Gasteiger partial charge < -0.3 is 29.2 Å². The number of hydrogen-bond donors (Lipinski definition) is 2. The summed E-state index contributed by atoms with van der Waals surface area (Å²) in [4.78, 5) is 12.5. The molecule has 0 bridgehead atoms. The van der Waals surface area contributed by atoms with Crippen LogP contribution in [0.3, 0.4) is 0 Å². The van der Waals surface area contributed by atoms with E-state index in [0.717, 1.165) is 12.1 Å². The Hall–Kier alpha value is -3.36. The van der Waals surface area contributed by atoms with Crippen molar-refractivity contribution in [2.45, 2.75) is 62.8 Å². The Morgan fingerprint density at radius 1 is 1.13 bits per heavy atom. The second-order valence-corrected chi connectivity index (χ2v) is 9.57. The van der Waals surface area contributed by atoms with Gasteiger partial charge in [-0.2, -0.15) is 0 Å². The molecule has 0 amide bonds. The molecule has 5 rings (SSSR count). The summed E-state index contributed by atoms with van der Waals surface area (Å²) in [5, 5.41) is 30.0. The number of ether oxygens (including phenoxy) is 4. The second-order valence-electron chi connectivity index (χ2n) is 9.57. The van der Waals surface area contributed by atoms with Crippen LogP contribution in [0.4, 0.5) is 13.2 Å². The monoisotopic (exact) mass is 549 g/mol. The van der Waals surface area contributed by atoms with E-state index in [4.69, 9.17) is 18.9 Å². The number of hydrogen-bond acceptors (Lipinski definition) is 9. The molecular formula is C26H26F3N3O7. The molecule has 0 aliphatic carbocycles. The summed E-state index contributed by atoms with van der Waals surface area (Å²) >= 11 is 0. The van der Waals surface area contributed by atoms with Crippen LogP contribution in [0.2, 0.25) is 0 Å². The van der Waals surface area contributed by atoms with E-state index in [2.05, 4.69) is 10.3 Å². The SMILES string of the molecule is CC(C)OC(=O)[C@@H](O)[C@@H]1OC2COC(c3ccccc3)O[C@@H]2[C@H](n2cc(-c3cc(F)c(F)c(F)c3)nn2)C1O. The Labute approximate surface area is 220 Å². The van der Waals surface area contributed by atoms with Gasteiger partial charge in [-0.1, -0.05) is 35.5 Å². The summed E-state index contributed by atoms with van der Waals surface area (Å²) < 4.78 is 65.3. The molecule has 3 aromatic rings. The van der Waals surface area contributed by atoms with Crippen molar-refractivity contribution < 1.29 is 47.1 Å². The highest BCUT2D eigenvalue weighted by molar-refractivity contribution is 5.75. The quantitative estimate of drug-likeness (QED) is 0.352. The predicted molar refractivity (Wildman–Crippen MR) is 126 cm³/mol. The molecule has 208 valence electrons. The minimum atomic E-state index is -1.86. The molecule has 2 N–H and O–H groups in total. The Kier molecular flexibility index (Phi) is 7.69. The van der Waals surface area contributed by atoms with E-state index in [1.54, 1.807) is 38.1 Å². The van der Waals surface area contributed by atoms with Gasteiger partial charge in [0.2, 0.25) is 0 Å². The Morgan fingerprint density at radius 2 is 1.82 bits per heavy atom.